The third-order valence-corrected chi connectivity index (χ3v) is 7.64. The van der Waals surface area contributed by atoms with Crippen LogP contribution in [0.15, 0.2) is 76.1 Å². The van der Waals surface area contributed by atoms with E-state index in [1.165, 1.54) is 0 Å². The molecule has 2 heterocycles. The predicted octanol–water partition coefficient (Wildman–Crippen LogP) is 8.05. The Balaban J connectivity index is 0.00000387. The third-order valence-electron chi connectivity index (χ3n) is 6.68. The minimum Gasteiger partial charge on any atom is -0.491 e. The zero-order chi connectivity index (χ0) is 27.9. The number of nitrogens with zero attached hydrogens (tertiary/aromatic N) is 3. The van der Waals surface area contributed by atoms with E-state index in [9.17, 15) is 0 Å². The second kappa shape index (κ2) is 14.3. The first-order chi connectivity index (χ1) is 19.6. The summed E-state index contributed by atoms with van der Waals surface area (Å²) in [4.78, 5) is 0. The van der Waals surface area contributed by atoms with Crippen molar-refractivity contribution < 1.29 is 18.6 Å². The van der Waals surface area contributed by atoms with E-state index >= 15 is 4.39 Å². The fourth-order valence-corrected chi connectivity index (χ4v) is 5.60. The topological polar surface area (TPSA) is 64.8 Å². The first-order valence-electron chi connectivity index (χ1n) is 13.1. The van der Waals surface area contributed by atoms with Crippen molar-refractivity contribution in [2.75, 3.05) is 26.9 Å². The summed E-state index contributed by atoms with van der Waals surface area (Å²) < 4.78 is 33.0. The van der Waals surface area contributed by atoms with Crippen LogP contribution in [0.5, 0.6) is 11.5 Å². The summed E-state index contributed by atoms with van der Waals surface area (Å²) >= 11 is 1.16. The molecule has 0 bridgehead atoms. The van der Waals surface area contributed by atoms with E-state index in [1.54, 1.807) is 7.11 Å². The van der Waals surface area contributed by atoms with E-state index in [2.05, 4.69) is 27.3 Å². The van der Waals surface area contributed by atoms with Crippen LogP contribution in [0.4, 0.5) is 4.39 Å². The average Bonchev–Trinajstić information content (AvgIpc) is 3.59. The van der Waals surface area contributed by atoms with Crippen LogP contribution in [0, 0.1) is 23.9 Å². The molecule has 1 atom stereocenters. The van der Waals surface area contributed by atoms with Gasteiger partial charge in [-0.15, -0.1) is 22.4 Å². The molecule has 0 aliphatic carbocycles. The Labute approximate surface area is 250 Å². The van der Waals surface area contributed by atoms with Gasteiger partial charge in [0, 0.05) is 29.2 Å². The Morgan fingerprint density at radius 2 is 1.80 bits per heavy atom. The van der Waals surface area contributed by atoms with Gasteiger partial charge in [-0.25, -0.2) is 0 Å². The van der Waals surface area contributed by atoms with Gasteiger partial charge in [0.2, 0.25) is 0 Å². The van der Waals surface area contributed by atoms with Gasteiger partial charge in [0.25, 0.3) is 0 Å². The normalized spacial score (nSPS) is 12.8. The Hall–Kier alpha value is -3.71. The van der Waals surface area contributed by atoms with E-state index in [1.807, 2.05) is 74.5 Å². The van der Waals surface area contributed by atoms with E-state index in [0.717, 1.165) is 60.9 Å². The Morgan fingerprint density at radius 3 is 2.51 bits per heavy atom. The number of ether oxygens (including phenoxy) is 3. The number of hydrogen-bond donors (Lipinski definition) is 0. The molecule has 9 heteroatoms. The van der Waals surface area contributed by atoms with Gasteiger partial charge in [-0.05, 0) is 77.7 Å². The van der Waals surface area contributed by atoms with Crippen molar-refractivity contribution in [3.8, 4) is 34.5 Å². The van der Waals surface area contributed by atoms with E-state index < -0.39 is 0 Å². The zero-order valence-electron chi connectivity index (χ0n) is 23.2. The minimum absolute atomic E-state index is 0. The zero-order valence-corrected chi connectivity index (χ0v) is 25.1. The van der Waals surface area contributed by atoms with Gasteiger partial charge in [0.05, 0.1) is 18.2 Å². The molecule has 0 saturated heterocycles. The highest BCUT2D eigenvalue weighted by atomic mass is 32.1. The third kappa shape index (κ3) is 7.33. The van der Waals surface area contributed by atoms with Crippen LogP contribution in [0.25, 0.3) is 21.2 Å². The van der Waals surface area contributed by atoms with Crippen LogP contribution in [0.2, 0.25) is 0 Å². The predicted molar refractivity (Wildman–Crippen MR) is 168 cm³/mol. The van der Waals surface area contributed by atoms with Crippen LogP contribution in [-0.2, 0) is 11.3 Å². The summed E-state index contributed by atoms with van der Waals surface area (Å²) in [6.07, 6.45) is 0.705. The maximum Gasteiger partial charge on any atom is 0.185 e. The maximum absolute atomic E-state index is 15.2. The highest BCUT2D eigenvalue weighted by Crippen LogP contribution is 2.40. The molecule has 0 unspecified atom stereocenters. The fraction of sp³-hybridized carbons (Fsp3) is 0.281. The van der Waals surface area contributed by atoms with Crippen LogP contribution < -0.4 is 9.47 Å². The van der Waals surface area contributed by atoms with Gasteiger partial charge in [-0.1, -0.05) is 30.2 Å². The monoisotopic (exact) mass is 589 g/mol. The molecule has 0 fully saturated rings. The van der Waals surface area contributed by atoms with Crippen LogP contribution in [0.3, 0.4) is 0 Å². The average molecular weight is 590 g/mol. The SMILES string of the molecule is CC#C[C@@H](CC1=NN=NC1)c1ccc(OCc2ccc3sc(F)c(-c4ccc(OCCOC)cc4C)c3c2)cc1.S. The summed E-state index contributed by atoms with van der Waals surface area (Å²) in [5.74, 6) is 7.81. The Morgan fingerprint density at radius 1 is 1.00 bits per heavy atom. The number of rotatable bonds is 11. The molecule has 4 aromatic rings. The summed E-state index contributed by atoms with van der Waals surface area (Å²) in [6, 6.07) is 19.7. The number of hydrogen-bond acceptors (Lipinski definition) is 7. The molecular weight excluding hydrogens is 558 g/mol. The van der Waals surface area contributed by atoms with Gasteiger partial charge in [0.15, 0.2) is 5.13 Å². The molecule has 6 nitrogen and oxygen atoms in total. The lowest BCUT2D eigenvalue weighted by atomic mass is 9.94. The van der Waals surface area contributed by atoms with Gasteiger partial charge < -0.3 is 14.2 Å². The van der Waals surface area contributed by atoms with Crippen LogP contribution in [0.1, 0.15) is 36.0 Å². The molecule has 0 radical (unpaired) electrons. The van der Waals surface area contributed by atoms with Crippen molar-refractivity contribution in [1.82, 2.24) is 0 Å². The molecule has 41 heavy (non-hydrogen) atoms. The molecule has 0 amide bonds. The van der Waals surface area contributed by atoms with Gasteiger partial charge in [-0.2, -0.15) is 23.0 Å². The van der Waals surface area contributed by atoms with Crippen molar-refractivity contribution in [3.63, 3.8) is 0 Å². The fourth-order valence-electron chi connectivity index (χ4n) is 4.68. The lowest BCUT2D eigenvalue weighted by Gasteiger charge is -2.12. The second-order valence-electron chi connectivity index (χ2n) is 9.46. The first-order valence-corrected chi connectivity index (χ1v) is 13.9. The van der Waals surface area contributed by atoms with Crippen molar-refractivity contribution in [2.45, 2.75) is 32.8 Å². The number of methoxy groups -OCH3 is 1. The van der Waals surface area contributed by atoms with E-state index in [-0.39, 0.29) is 24.5 Å². The number of fused-ring (bicyclic) bond motifs is 1. The molecule has 1 aromatic heterocycles. The van der Waals surface area contributed by atoms with E-state index in [0.29, 0.717) is 38.3 Å². The van der Waals surface area contributed by atoms with Gasteiger partial charge >= 0.3 is 0 Å². The Bertz CT molecular complexity index is 1620. The van der Waals surface area contributed by atoms with Crippen molar-refractivity contribution in [1.29, 1.82) is 0 Å². The van der Waals surface area contributed by atoms with Crippen molar-refractivity contribution >= 4 is 40.6 Å². The highest BCUT2D eigenvalue weighted by Gasteiger charge is 2.18. The first kappa shape index (κ1) is 30.3. The molecule has 0 spiro atoms. The molecular formula is C32H32FN3O3S2. The smallest absolute Gasteiger partial charge is 0.185 e. The standard InChI is InChI=1S/C32H30FN3O3S.H2S/c1-4-5-24(18-25-19-34-36-35-25)23-7-9-26(10-8-23)39-20-22-6-13-30-29(17-22)31(32(33)40-30)28-12-11-27(16-21(28)2)38-15-14-37-3;/h6-13,16-17,24H,14-15,18-20H2,1-3H3;1H2/t24-;/m0./s1. The van der Waals surface area contributed by atoms with Crippen LogP contribution >= 0.6 is 24.8 Å². The Kier molecular flexibility index (Phi) is 10.5. The number of benzene rings is 3. The quantitative estimate of drug-likeness (QED) is 0.131. The highest BCUT2D eigenvalue weighted by molar-refractivity contribution is 7.59. The lowest BCUT2D eigenvalue weighted by Crippen LogP contribution is -2.07. The summed E-state index contributed by atoms with van der Waals surface area (Å²) in [5, 5.41) is 12.4. The minimum atomic E-state index is -0.199. The summed E-state index contributed by atoms with van der Waals surface area (Å²) in [5.41, 5.74) is 5.42. The second-order valence-corrected chi connectivity index (χ2v) is 10.5. The maximum atomic E-state index is 15.2. The van der Waals surface area contributed by atoms with Gasteiger partial charge in [0.1, 0.15) is 31.3 Å². The summed E-state index contributed by atoms with van der Waals surface area (Å²) in [7, 11) is 1.64. The number of thiophene rings is 1. The largest absolute Gasteiger partial charge is 0.491 e. The molecule has 212 valence electrons. The van der Waals surface area contributed by atoms with E-state index in [4.69, 9.17) is 14.2 Å². The number of aryl methyl sites for hydroxylation is 1. The number of halogens is 1. The molecule has 5 rings (SSSR count). The molecule has 3 aromatic carbocycles. The molecule has 1 aliphatic heterocycles. The van der Waals surface area contributed by atoms with Gasteiger partial charge in [-0.3, -0.25) is 0 Å². The molecule has 0 saturated carbocycles. The molecule has 1 aliphatic rings. The molecule has 0 N–H and O–H groups in total. The van der Waals surface area contributed by atoms with Crippen molar-refractivity contribution in [2.24, 2.45) is 15.4 Å². The van der Waals surface area contributed by atoms with Crippen LogP contribution in [-0.4, -0.2) is 32.6 Å². The summed E-state index contributed by atoms with van der Waals surface area (Å²) in [6.45, 7) is 5.70. The van der Waals surface area contributed by atoms with Crippen molar-refractivity contribution in [3.05, 3.63) is 82.5 Å². The lowest BCUT2D eigenvalue weighted by molar-refractivity contribution is 0.146.